The van der Waals surface area contributed by atoms with Crippen molar-refractivity contribution in [3.8, 4) is 0 Å². The molecule has 1 aliphatic rings. The summed E-state index contributed by atoms with van der Waals surface area (Å²) in [6, 6.07) is 12.4. The molecule has 138 valence electrons. The smallest absolute Gasteiger partial charge is 0.317 e. The Morgan fingerprint density at radius 1 is 1.08 bits per heavy atom. The van der Waals surface area contributed by atoms with Crippen molar-refractivity contribution in [2.45, 2.75) is 32.7 Å². The van der Waals surface area contributed by atoms with Crippen LogP contribution in [-0.4, -0.2) is 42.1 Å². The van der Waals surface area contributed by atoms with Gasteiger partial charge in [0.05, 0.1) is 0 Å². The van der Waals surface area contributed by atoms with Gasteiger partial charge in [-0.1, -0.05) is 45.0 Å². The number of pyridine rings is 1. The molecule has 26 heavy (non-hydrogen) atoms. The molecule has 3 rings (SSSR count). The first kappa shape index (κ1) is 18.2. The highest BCUT2D eigenvalue weighted by molar-refractivity contribution is 5.74. The van der Waals surface area contributed by atoms with E-state index in [1.807, 2.05) is 17.0 Å². The molecule has 0 radical (unpaired) electrons. The number of carbonyl (C=O) groups excluding carboxylic acids is 1. The molecule has 0 atom stereocenters. The molecule has 1 aromatic carbocycles. The maximum absolute atomic E-state index is 12.4. The van der Waals surface area contributed by atoms with Crippen LogP contribution < -0.4 is 10.2 Å². The van der Waals surface area contributed by atoms with Gasteiger partial charge in [-0.25, -0.2) is 4.79 Å². The van der Waals surface area contributed by atoms with Crippen molar-refractivity contribution in [2.24, 2.45) is 0 Å². The Labute approximate surface area is 156 Å². The monoisotopic (exact) mass is 352 g/mol. The summed E-state index contributed by atoms with van der Waals surface area (Å²) in [4.78, 5) is 20.8. The topological polar surface area (TPSA) is 48.5 Å². The molecule has 0 bridgehead atoms. The maximum Gasteiger partial charge on any atom is 0.317 e. The molecule has 0 saturated carbocycles. The first-order valence-corrected chi connectivity index (χ1v) is 9.21. The van der Waals surface area contributed by atoms with Gasteiger partial charge in [-0.05, 0) is 28.7 Å². The zero-order valence-electron chi connectivity index (χ0n) is 15.9. The molecule has 5 heteroatoms. The van der Waals surface area contributed by atoms with E-state index in [4.69, 9.17) is 0 Å². The highest BCUT2D eigenvalue weighted by atomic mass is 16.2. The Morgan fingerprint density at radius 2 is 1.81 bits per heavy atom. The fourth-order valence-corrected chi connectivity index (χ4v) is 3.33. The third-order valence-electron chi connectivity index (χ3n) is 4.79. The number of aromatic nitrogens is 1. The van der Waals surface area contributed by atoms with E-state index in [-0.39, 0.29) is 11.4 Å². The van der Waals surface area contributed by atoms with Gasteiger partial charge in [-0.3, -0.25) is 4.98 Å². The fourth-order valence-electron chi connectivity index (χ4n) is 3.33. The Bertz CT molecular complexity index is 731. The van der Waals surface area contributed by atoms with Crippen molar-refractivity contribution >= 4 is 11.7 Å². The lowest BCUT2D eigenvalue weighted by Gasteiger charge is -2.38. The Balaban J connectivity index is 1.57. The van der Waals surface area contributed by atoms with Gasteiger partial charge in [0.1, 0.15) is 0 Å². The lowest BCUT2D eigenvalue weighted by atomic mass is 9.85. The van der Waals surface area contributed by atoms with Crippen LogP contribution in [0.1, 0.15) is 31.9 Å². The van der Waals surface area contributed by atoms with Crippen LogP contribution in [0, 0.1) is 0 Å². The van der Waals surface area contributed by atoms with E-state index in [9.17, 15) is 4.79 Å². The molecule has 1 aromatic heterocycles. The normalized spacial score (nSPS) is 15.0. The van der Waals surface area contributed by atoms with Gasteiger partial charge in [0, 0.05) is 50.8 Å². The number of benzene rings is 1. The lowest BCUT2D eigenvalue weighted by Crippen LogP contribution is -2.52. The molecule has 1 N–H and O–H groups in total. The van der Waals surface area contributed by atoms with E-state index < -0.39 is 0 Å². The molecule has 5 nitrogen and oxygen atoms in total. The number of nitrogens with one attached hydrogen (secondary N) is 1. The minimum atomic E-state index is -0.00221. The number of anilines is 1. The standard InChI is InChI=1S/C21H28N4O/c1-21(2,3)18-8-4-5-9-19(18)24-11-13-25(14-12-24)20(26)23-16-17-7-6-10-22-15-17/h4-10,15H,11-14,16H2,1-3H3,(H,23,26). The van der Waals surface area contributed by atoms with Gasteiger partial charge in [-0.15, -0.1) is 0 Å². The molecule has 1 saturated heterocycles. The number of nitrogens with zero attached hydrogens (tertiary/aromatic N) is 3. The maximum atomic E-state index is 12.4. The minimum absolute atomic E-state index is 0.00221. The predicted octanol–water partition coefficient (Wildman–Crippen LogP) is 3.41. The van der Waals surface area contributed by atoms with Gasteiger partial charge in [0.2, 0.25) is 0 Å². The summed E-state index contributed by atoms with van der Waals surface area (Å²) in [6.45, 7) is 10.4. The number of piperazine rings is 1. The van der Waals surface area contributed by atoms with Gasteiger partial charge in [0.15, 0.2) is 0 Å². The SMILES string of the molecule is CC(C)(C)c1ccccc1N1CCN(C(=O)NCc2cccnc2)CC1. The lowest BCUT2D eigenvalue weighted by molar-refractivity contribution is 0.194. The van der Waals surface area contributed by atoms with Crippen molar-refractivity contribution in [2.75, 3.05) is 31.1 Å². The molecule has 1 fully saturated rings. The largest absolute Gasteiger partial charge is 0.368 e. The third-order valence-corrected chi connectivity index (χ3v) is 4.79. The average Bonchev–Trinajstić information content (AvgIpc) is 2.66. The van der Waals surface area contributed by atoms with Gasteiger partial charge in [-0.2, -0.15) is 0 Å². The second kappa shape index (κ2) is 7.77. The van der Waals surface area contributed by atoms with Crippen LogP contribution >= 0.6 is 0 Å². The summed E-state index contributed by atoms with van der Waals surface area (Å²) in [5, 5.41) is 2.99. The number of para-hydroxylation sites is 1. The number of hydrogen-bond donors (Lipinski definition) is 1. The molecule has 0 aliphatic carbocycles. The van der Waals surface area contributed by atoms with Crippen molar-refractivity contribution in [3.05, 3.63) is 59.9 Å². The second-order valence-electron chi connectivity index (χ2n) is 7.76. The number of rotatable bonds is 3. The van der Waals surface area contributed by atoms with Crippen LogP contribution in [0.2, 0.25) is 0 Å². The minimum Gasteiger partial charge on any atom is -0.368 e. The number of urea groups is 1. The van der Waals surface area contributed by atoms with E-state index in [0.717, 1.165) is 31.7 Å². The van der Waals surface area contributed by atoms with Crippen LogP contribution in [0.25, 0.3) is 0 Å². The molecular weight excluding hydrogens is 324 g/mol. The van der Waals surface area contributed by atoms with Crippen LogP contribution in [-0.2, 0) is 12.0 Å². The van der Waals surface area contributed by atoms with E-state index in [1.165, 1.54) is 11.3 Å². The van der Waals surface area contributed by atoms with Crippen LogP contribution in [0.4, 0.5) is 10.5 Å². The molecule has 2 amide bonds. The summed E-state index contributed by atoms with van der Waals surface area (Å²) >= 11 is 0. The van der Waals surface area contributed by atoms with E-state index >= 15 is 0 Å². The van der Waals surface area contributed by atoms with Crippen LogP contribution in [0.15, 0.2) is 48.8 Å². The first-order valence-electron chi connectivity index (χ1n) is 9.21. The summed E-state index contributed by atoms with van der Waals surface area (Å²) in [5.41, 5.74) is 3.76. The number of amides is 2. The zero-order chi connectivity index (χ0) is 18.6. The first-order chi connectivity index (χ1) is 12.4. The molecule has 2 aromatic rings. The molecular formula is C21H28N4O. The van der Waals surface area contributed by atoms with Crippen LogP contribution in [0.5, 0.6) is 0 Å². The van der Waals surface area contributed by atoms with Crippen molar-refractivity contribution < 1.29 is 4.79 Å². The summed E-state index contributed by atoms with van der Waals surface area (Å²) in [5.74, 6) is 0. The van der Waals surface area contributed by atoms with Gasteiger partial charge in [0.25, 0.3) is 0 Å². The van der Waals surface area contributed by atoms with Gasteiger partial charge < -0.3 is 15.1 Å². The van der Waals surface area contributed by atoms with Crippen molar-refractivity contribution in [3.63, 3.8) is 0 Å². The van der Waals surface area contributed by atoms with E-state index in [1.54, 1.807) is 12.4 Å². The van der Waals surface area contributed by atoms with E-state index in [0.29, 0.717) is 6.54 Å². The zero-order valence-corrected chi connectivity index (χ0v) is 15.9. The van der Waals surface area contributed by atoms with Gasteiger partial charge >= 0.3 is 6.03 Å². The summed E-state index contributed by atoms with van der Waals surface area (Å²) in [7, 11) is 0. The van der Waals surface area contributed by atoms with Crippen molar-refractivity contribution in [1.82, 2.24) is 15.2 Å². The van der Waals surface area contributed by atoms with E-state index in [2.05, 4.69) is 60.2 Å². The quantitative estimate of drug-likeness (QED) is 0.921. The third kappa shape index (κ3) is 4.34. The fraction of sp³-hybridized carbons (Fsp3) is 0.429. The second-order valence-corrected chi connectivity index (χ2v) is 7.76. The van der Waals surface area contributed by atoms with Crippen molar-refractivity contribution in [1.29, 1.82) is 0 Å². The molecule has 0 spiro atoms. The average molecular weight is 352 g/mol. The highest BCUT2D eigenvalue weighted by Gasteiger charge is 2.25. The predicted molar refractivity (Wildman–Crippen MR) is 105 cm³/mol. The Morgan fingerprint density at radius 3 is 2.46 bits per heavy atom. The summed E-state index contributed by atoms with van der Waals surface area (Å²) < 4.78 is 0. The van der Waals surface area contributed by atoms with Crippen LogP contribution in [0.3, 0.4) is 0 Å². The highest BCUT2D eigenvalue weighted by Crippen LogP contribution is 2.32. The Hall–Kier alpha value is -2.56. The number of hydrogen-bond acceptors (Lipinski definition) is 3. The molecule has 2 heterocycles. The Kier molecular flexibility index (Phi) is 5.45. The number of carbonyl (C=O) groups is 1. The molecule has 0 unspecified atom stereocenters. The summed E-state index contributed by atoms with van der Waals surface area (Å²) in [6.07, 6.45) is 3.52. The molecule has 1 aliphatic heterocycles.